The molecule has 0 aliphatic heterocycles. The Hall–Kier alpha value is 0.0803. The second kappa shape index (κ2) is 6.77. The van der Waals surface area contributed by atoms with Gasteiger partial charge in [0, 0.05) is 0 Å². The predicted octanol–water partition coefficient (Wildman–Crippen LogP) is 1.72. The Morgan fingerprint density at radius 2 is 1.91 bits per heavy atom. The molecular formula is C8H14AgO2. The molecule has 0 bridgehead atoms. The van der Waals surface area contributed by atoms with Gasteiger partial charge in [-0.05, 0) is 0 Å². The van der Waals surface area contributed by atoms with E-state index in [4.69, 9.17) is 0 Å². The first-order chi connectivity index (χ1) is 5.16. The summed E-state index contributed by atoms with van der Waals surface area (Å²) >= 11 is -0.123. The first kappa shape index (κ1) is 11.1. The van der Waals surface area contributed by atoms with Gasteiger partial charge in [-0.15, -0.1) is 0 Å². The van der Waals surface area contributed by atoms with Crippen molar-refractivity contribution in [3.05, 3.63) is 0 Å². The maximum atomic E-state index is 10.9. The van der Waals surface area contributed by atoms with Crippen molar-refractivity contribution in [3.63, 3.8) is 0 Å². The number of carbonyl (C=O) groups is 2. The normalized spacial score (nSPS) is 10.0. The molecule has 0 fully saturated rings. The Balaban J connectivity index is 3.30. The molecule has 2 nitrogen and oxygen atoms in total. The van der Waals surface area contributed by atoms with Crippen LogP contribution in [0, 0.1) is 0 Å². The summed E-state index contributed by atoms with van der Waals surface area (Å²) in [4.78, 5) is 21.4. The molecule has 0 heterocycles. The van der Waals surface area contributed by atoms with Crippen LogP contribution in [0.1, 0.15) is 39.5 Å². The molecule has 0 aliphatic rings. The van der Waals surface area contributed by atoms with E-state index in [-0.39, 0.29) is 27.8 Å². The Bertz CT molecular complexity index is 143. The van der Waals surface area contributed by atoms with Crippen molar-refractivity contribution in [3.8, 4) is 0 Å². The summed E-state index contributed by atoms with van der Waals surface area (Å²) in [6, 6.07) is 0. The van der Waals surface area contributed by atoms with E-state index >= 15 is 0 Å². The van der Waals surface area contributed by atoms with E-state index < -0.39 is 0 Å². The van der Waals surface area contributed by atoms with Gasteiger partial charge >= 0.3 is 76.9 Å². The molecule has 0 atom stereocenters. The van der Waals surface area contributed by atoms with Crippen molar-refractivity contribution >= 4 is 8.00 Å². The van der Waals surface area contributed by atoms with Crippen molar-refractivity contribution < 1.29 is 29.3 Å². The van der Waals surface area contributed by atoms with E-state index in [1.54, 1.807) is 0 Å². The molecule has 0 aliphatic carbocycles. The summed E-state index contributed by atoms with van der Waals surface area (Å²) < 4.78 is 0.127. The summed E-state index contributed by atoms with van der Waals surface area (Å²) in [6.45, 7) is 3.56. The molecule has 3 heteroatoms. The first-order valence-electron chi connectivity index (χ1n) is 3.77. The van der Waals surface area contributed by atoms with E-state index in [9.17, 15) is 9.59 Å². The molecule has 0 N–H and O–H groups in total. The summed E-state index contributed by atoms with van der Waals surface area (Å²) in [5.74, 6) is 0. The third kappa shape index (κ3) is 7.98. The topological polar surface area (TPSA) is 34.1 Å². The van der Waals surface area contributed by atoms with Crippen LogP contribution in [-0.2, 0) is 29.3 Å². The van der Waals surface area contributed by atoms with E-state index in [1.807, 2.05) is 0 Å². The van der Waals surface area contributed by atoms with Crippen LogP contribution in [0.3, 0.4) is 0 Å². The van der Waals surface area contributed by atoms with Gasteiger partial charge < -0.3 is 0 Å². The molecule has 0 saturated carbocycles. The number of hydrogen-bond acceptors (Lipinski definition) is 2. The Kier molecular flexibility index (Phi) is 6.82. The number of hydrogen-bond donors (Lipinski definition) is 0. The van der Waals surface area contributed by atoms with Gasteiger partial charge in [-0.2, -0.15) is 0 Å². The van der Waals surface area contributed by atoms with Gasteiger partial charge in [0.15, 0.2) is 0 Å². The second-order valence-corrected chi connectivity index (χ2v) is 4.50. The summed E-state index contributed by atoms with van der Waals surface area (Å²) in [7, 11) is 0. The van der Waals surface area contributed by atoms with Crippen molar-refractivity contribution in [1.82, 2.24) is 0 Å². The van der Waals surface area contributed by atoms with Crippen molar-refractivity contribution in [2.45, 2.75) is 39.5 Å². The maximum absolute atomic E-state index is 10.9. The molecular weight excluding hydrogens is 236 g/mol. The molecule has 0 spiro atoms. The molecule has 0 radical (unpaired) electrons. The average Bonchev–Trinajstić information content (AvgIpc) is 1.86. The van der Waals surface area contributed by atoms with Crippen LogP contribution >= 0.6 is 0 Å². The number of unbranched alkanes of at least 4 members (excludes halogenated alkanes) is 2. The van der Waals surface area contributed by atoms with Gasteiger partial charge in [0.1, 0.15) is 0 Å². The molecule has 0 aromatic carbocycles. The van der Waals surface area contributed by atoms with Crippen LogP contribution in [0.15, 0.2) is 0 Å². The molecule has 0 aromatic rings. The van der Waals surface area contributed by atoms with E-state index in [1.165, 1.54) is 6.92 Å². The predicted molar refractivity (Wildman–Crippen MR) is 39.8 cm³/mol. The third-order valence-electron chi connectivity index (χ3n) is 1.15. The van der Waals surface area contributed by atoms with Crippen LogP contribution in [0.25, 0.3) is 0 Å². The molecule has 69 valence electrons. The fourth-order valence-electron chi connectivity index (χ4n) is 0.657. The van der Waals surface area contributed by atoms with Crippen LogP contribution in [-0.4, -0.2) is 8.00 Å². The average molecular weight is 250 g/mol. The monoisotopic (exact) mass is 249 g/mol. The fraction of sp³-hybridized carbons (Fsp3) is 0.750. The van der Waals surface area contributed by atoms with Crippen LogP contribution in [0.5, 0.6) is 0 Å². The minimum atomic E-state index is -0.123. The quantitative estimate of drug-likeness (QED) is 0.531. The molecule has 0 rings (SSSR count). The third-order valence-corrected chi connectivity index (χ3v) is 2.45. The van der Waals surface area contributed by atoms with Crippen LogP contribution in [0.4, 0.5) is 0 Å². The SMILES string of the molecule is CCCCC[C](=O)[Ag][C](C)=O. The van der Waals surface area contributed by atoms with Crippen molar-refractivity contribution in [2.75, 3.05) is 0 Å². The van der Waals surface area contributed by atoms with Gasteiger partial charge in [0.25, 0.3) is 0 Å². The standard InChI is InChI=1S/C6H11O.C2H3O.Ag/c1-2-3-4-5-6-7;1-2-3;/h2-5H2,1H3;1H3;. The Morgan fingerprint density at radius 1 is 1.27 bits per heavy atom. The van der Waals surface area contributed by atoms with E-state index in [0.717, 1.165) is 19.3 Å². The molecule has 0 aromatic heterocycles. The first-order valence-corrected chi connectivity index (χ1v) is 5.25. The van der Waals surface area contributed by atoms with Gasteiger partial charge in [0.05, 0.1) is 0 Å². The van der Waals surface area contributed by atoms with Gasteiger partial charge in [0.2, 0.25) is 0 Å². The summed E-state index contributed by atoms with van der Waals surface area (Å²) in [5.41, 5.74) is 0. The Labute approximate surface area is 77.1 Å². The van der Waals surface area contributed by atoms with Gasteiger partial charge in [-0.3, -0.25) is 0 Å². The Morgan fingerprint density at radius 3 is 2.36 bits per heavy atom. The minimum absolute atomic E-state index is 0.00824. The van der Waals surface area contributed by atoms with E-state index in [0.29, 0.717) is 6.42 Å². The van der Waals surface area contributed by atoms with Crippen LogP contribution < -0.4 is 0 Å². The van der Waals surface area contributed by atoms with E-state index in [2.05, 4.69) is 6.92 Å². The second-order valence-electron chi connectivity index (χ2n) is 2.26. The number of rotatable bonds is 6. The summed E-state index contributed by atoms with van der Waals surface area (Å²) in [5, 5.41) is 0. The van der Waals surface area contributed by atoms with Crippen LogP contribution in [0.2, 0.25) is 0 Å². The van der Waals surface area contributed by atoms with Gasteiger partial charge in [-0.1, -0.05) is 0 Å². The molecule has 0 saturated heterocycles. The van der Waals surface area contributed by atoms with Gasteiger partial charge in [-0.25, -0.2) is 0 Å². The summed E-state index contributed by atoms with van der Waals surface area (Å²) in [6.07, 6.45) is 3.74. The van der Waals surface area contributed by atoms with Crippen molar-refractivity contribution in [1.29, 1.82) is 0 Å². The zero-order valence-electron chi connectivity index (χ0n) is 6.95. The number of carbonyl (C=O) groups excluding carboxylic acids is 2. The molecule has 0 unspecified atom stereocenters. The fourth-order valence-corrected chi connectivity index (χ4v) is 1.69. The zero-order valence-corrected chi connectivity index (χ0v) is 8.43. The zero-order chi connectivity index (χ0) is 8.69. The molecule has 11 heavy (non-hydrogen) atoms. The van der Waals surface area contributed by atoms with Crippen molar-refractivity contribution in [2.24, 2.45) is 0 Å². The molecule has 0 amide bonds.